The van der Waals surface area contributed by atoms with Crippen LogP contribution in [0.1, 0.15) is 24.8 Å². The SMILES string of the molecule is Cc1ccc(F)cc1O[C@H]1CCC[C@@H]1O. The van der Waals surface area contributed by atoms with Crippen LogP contribution in [-0.2, 0) is 0 Å². The van der Waals surface area contributed by atoms with Crippen LogP contribution in [0.25, 0.3) is 0 Å². The zero-order valence-electron chi connectivity index (χ0n) is 8.74. The first kappa shape index (κ1) is 10.4. The number of ether oxygens (including phenoxy) is 1. The Hall–Kier alpha value is -1.09. The van der Waals surface area contributed by atoms with Crippen molar-refractivity contribution in [3.05, 3.63) is 29.6 Å². The highest BCUT2D eigenvalue weighted by Crippen LogP contribution is 2.27. The molecule has 1 N–H and O–H groups in total. The Morgan fingerprint density at radius 3 is 2.87 bits per heavy atom. The molecule has 1 aliphatic rings. The van der Waals surface area contributed by atoms with E-state index in [2.05, 4.69) is 0 Å². The molecule has 0 spiro atoms. The normalized spacial score (nSPS) is 25.5. The molecular weight excluding hydrogens is 195 g/mol. The minimum Gasteiger partial charge on any atom is -0.487 e. The zero-order valence-corrected chi connectivity index (χ0v) is 8.74. The third-order valence-corrected chi connectivity index (χ3v) is 2.85. The van der Waals surface area contributed by atoms with Crippen LogP contribution in [0, 0.1) is 12.7 Å². The van der Waals surface area contributed by atoms with Gasteiger partial charge in [-0.2, -0.15) is 0 Å². The molecule has 1 fully saturated rings. The number of aliphatic hydroxyl groups is 1. The highest BCUT2D eigenvalue weighted by Gasteiger charge is 2.27. The number of hydrogen-bond acceptors (Lipinski definition) is 2. The van der Waals surface area contributed by atoms with Gasteiger partial charge in [-0.1, -0.05) is 6.07 Å². The molecule has 1 aromatic carbocycles. The Kier molecular flexibility index (Phi) is 2.91. The van der Waals surface area contributed by atoms with Crippen LogP contribution >= 0.6 is 0 Å². The van der Waals surface area contributed by atoms with Crippen molar-refractivity contribution in [2.24, 2.45) is 0 Å². The molecule has 2 atom stereocenters. The van der Waals surface area contributed by atoms with E-state index in [0.29, 0.717) is 5.75 Å². The largest absolute Gasteiger partial charge is 0.487 e. The van der Waals surface area contributed by atoms with E-state index >= 15 is 0 Å². The van der Waals surface area contributed by atoms with Crippen LogP contribution in [0.3, 0.4) is 0 Å². The van der Waals surface area contributed by atoms with Crippen molar-refractivity contribution in [2.45, 2.75) is 38.4 Å². The lowest BCUT2D eigenvalue weighted by Crippen LogP contribution is -2.25. The fourth-order valence-electron chi connectivity index (χ4n) is 1.91. The van der Waals surface area contributed by atoms with E-state index < -0.39 is 6.10 Å². The van der Waals surface area contributed by atoms with Crippen molar-refractivity contribution in [1.82, 2.24) is 0 Å². The molecule has 82 valence electrons. The molecule has 2 nitrogen and oxygen atoms in total. The molecule has 0 aliphatic heterocycles. The van der Waals surface area contributed by atoms with Gasteiger partial charge in [0.1, 0.15) is 17.7 Å². The van der Waals surface area contributed by atoms with Crippen LogP contribution in [0.2, 0.25) is 0 Å². The van der Waals surface area contributed by atoms with Crippen LogP contribution in [-0.4, -0.2) is 17.3 Å². The zero-order chi connectivity index (χ0) is 10.8. The maximum atomic E-state index is 13.0. The smallest absolute Gasteiger partial charge is 0.126 e. The van der Waals surface area contributed by atoms with Crippen molar-refractivity contribution in [3.63, 3.8) is 0 Å². The quantitative estimate of drug-likeness (QED) is 0.812. The molecule has 0 radical (unpaired) electrons. The monoisotopic (exact) mass is 210 g/mol. The predicted octanol–water partition coefficient (Wildman–Crippen LogP) is 2.43. The van der Waals surface area contributed by atoms with Crippen LogP contribution in [0.5, 0.6) is 5.75 Å². The summed E-state index contributed by atoms with van der Waals surface area (Å²) < 4.78 is 18.6. The number of aryl methyl sites for hydroxylation is 1. The third kappa shape index (κ3) is 2.29. The van der Waals surface area contributed by atoms with E-state index in [1.54, 1.807) is 6.07 Å². The van der Waals surface area contributed by atoms with Gasteiger partial charge in [0.05, 0.1) is 6.10 Å². The number of rotatable bonds is 2. The lowest BCUT2D eigenvalue weighted by molar-refractivity contribution is 0.0597. The molecular formula is C12H15FO2. The molecule has 1 aliphatic carbocycles. The van der Waals surface area contributed by atoms with Gasteiger partial charge >= 0.3 is 0 Å². The summed E-state index contributed by atoms with van der Waals surface area (Å²) in [4.78, 5) is 0. The first-order valence-corrected chi connectivity index (χ1v) is 5.27. The first-order chi connectivity index (χ1) is 7.16. The van der Waals surface area contributed by atoms with Crippen molar-refractivity contribution < 1.29 is 14.2 Å². The summed E-state index contributed by atoms with van der Waals surface area (Å²) in [5.74, 6) is 0.240. The summed E-state index contributed by atoms with van der Waals surface area (Å²) >= 11 is 0. The summed E-state index contributed by atoms with van der Waals surface area (Å²) in [6.45, 7) is 1.87. The molecule has 1 aromatic rings. The highest BCUT2D eigenvalue weighted by atomic mass is 19.1. The Labute approximate surface area is 88.7 Å². The Morgan fingerprint density at radius 2 is 2.20 bits per heavy atom. The van der Waals surface area contributed by atoms with Gasteiger partial charge < -0.3 is 9.84 Å². The third-order valence-electron chi connectivity index (χ3n) is 2.85. The minimum atomic E-state index is -0.410. The summed E-state index contributed by atoms with van der Waals surface area (Å²) in [6, 6.07) is 4.47. The number of halogens is 1. The van der Waals surface area contributed by atoms with Crippen molar-refractivity contribution in [3.8, 4) is 5.75 Å². The average molecular weight is 210 g/mol. The van der Waals surface area contributed by atoms with Gasteiger partial charge in [-0.3, -0.25) is 0 Å². The van der Waals surface area contributed by atoms with E-state index in [4.69, 9.17) is 4.74 Å². The standard InChI is InChI=1S/C12H15FO2/c1-8-5-6-9(13)7-12(8)15-11-4-2-3-10(11)14/h5-7,10-11,14H,2-4H2,1H3/t10-,11-/m0/s1. The van der Waals surface area contributed by atoms with Gasteiger partial charge in [0, 0.05) is 6.07 Å². The number of hydrogen-bond donors (Lipinski definition) is 1. The van der Waals surface area contributed by atoms with Gasteiger partial charge in [0.15, 0.2) is 0 Å². The summed E-state index contributed by atoms with van der Waals surface area (Å²) in [5.41, 5.74) is 0.899. The summed E-state index contributed by atoms with van der Waals surface area (Å²) in [6.07, 6.45) is 2.01. The highest BCUT2D eigenvalue weighted by molar-refractivity contribution is 5.33. The van der Waals surface area contributed by atoms with Gasteiger partial charge in [-0.15, -0.1) is 0 Å². The minimum absolute atomic E-state index is 0.175. The lowest BCUT2D eigenvalue weighted by Gasteiger charge is -2.18. The van der Waals surface area contributed by atoms with Gasteiger partial charge in [0.2, 0.25) is 0 Å². The second-order valence-corrected chi connectivity index (χ2v) is 4.06. The van der Waals surface area contributed by atoms with Gasteiger partial charge in [-0.25, -0.2) is 4.39 Å². The molecule has 2 rings (SSSR count). The molecule has 1 saturated carbocycles. The van der Waals surface area contributed by atoms with E-state index in [1.165, 1.54) is 12.1 Å². The molecule has 0 heterocycles. The van der Waals surface area contributed by atoms with E-state index in [9.17, 15) is 9.50 Å². The summed E-state index contributed by atoms with van der Waals surface area (Å²) in [5, 5.41) is 9.59. The van der Waals surface area contributed by atoms with E-state index in [0.717, 1.165) is 24.8 Å². The number of benzene rings is 1. The second kappa shape index (κ2) is 4.19. The maximum absolute atomic E-state index is 13.0. The van der Waals surface area contributed by atoms with Crippen molar-refractivity contribution >= 4 is 0 Å². The molecule has 0 aromatic heterocycles. The molecule has 3 heteroatoms. The van der Waals surface area contributed by atoms with Gasteiger partial charge in [0.25, 0.3) is 0 Å². The predicted molar refractivity (Wildman–Crippen MR) is 55.4 cm³/mol. The maximum Gasteiger partial charge on any atom is 0.126 e. The lowest BCUT2D eigenvalue weighted by atomic mass is 10.2. The molecule has 0 unspecified atom stereocenters. The Bertz CT molecular complexity index is 351. The molecule has 0 bridgehead atoms. The molecule has 15 heavy (non-hydrogen) atoms. The fraction of sp³-hybridized carbons (Fsp3) is 0.500. The summed E-state index contributed by atoms with van der Waals surface area (Å²) in [7, 11) is 0. The topological polar surface area (TPSA) is 29.5 Å². The van der Waals surface area contributed by atoms with Crippen LogP contribution < -0.4 is 4.74 Å². The second-order valence-electron chi connectivity index (χ2n) is 4.06. The van der Waals surface area contributed by atoms with Gasteiger partial charge in [-0.05, 0) is 37.8 Å². The number of aliphatic hydroxyl groups excluding tert-OH is 1. The van der Waals surface area contributed by atoms with Crippen molar-refractivity contribution in [1.29, 1.82) is 0 Å². The average Bonchev–Trinajstić information content (AvgIpc) is 2.58. The van der Waals surface area contributed by atoms with E-state index in [1.807, 2.05) is 6.92 Å². The first-order valence-electron chi connectivity index (χ1n) is 5.27. The molecule has 0 amide bonds. The Balaban J connectivity index is 2.12. The molecule has 0 saturated heterocycles. The van der Waals surface area contributed by atoms with Crippen molar-refractivity contribution in [2.75, 3.05) is 0 Å². The van der Waals surface area contributed by atoms with Crippen LogP contribution in [0.4, 0.5) is 4.39 Å². The van der Waals surface area contributed by atoms with Crippen LogP contribution in [0.15, 0.2) is 18.2 Å². The van der Waals surface area contributed by atoms with E-state index in [-0.39, 0.29) is 11.9 Å². The fourth-order valence-corrected chi connectivity index (χ4v) is 1.91. The Morgan fingerprint density at radius 1 is 1.40 bits per heavy atom.